The van der Waals surface area contributed by atoms with Gasteiger partial charge in [-0.1, -0.05) is 28.7 Å². The van der Waals surface area contributed by atoms with Gasteiger partial charge in [-0.3, -0.25) is 0 Å². The van der Waals surface area contributed by atoms with Crippen molar-refractivity contribution >= 4 is 0 Å². The first-order valence-electron chi connectivity index (χ1n) is 4.91. The second kappa shape index (κ2) is 7.53. The summed E-state index contributed by atoms with van der Waals surface area (Å²) < 4.78 is 1.25. The molecule has 1 nitrogen and oxygen atoms in total. The monoisotopic (exact) mass is 223 g/mol. The Hall–Kier alpha value is 0.250. The Morgan fingerprint density at radius 1 is 0.929 bits per heavy atom. The van der Waals surface area contributed by atoms with Crippen molar-refractivity contribution in [3.05, 3.63) is 0 Å². The average Bonchev–Trinajstić information content (AvgIpc) is 2.25. The van der Waals surface area contributed by atoms with E-state index in [-0.39, 0.29) is 27.3 Å². The van der Waals surface area contributed by atoms with Crippen LogP contribution in [0.3, 0.4) is 0 Å². The van der Waals surface area contributed by atoms with Gasteiger partial charge in [0, 0.05) is 11.8 Å². The molecule has 0 aromatic heterocycles. The number of hydrogen-bond donors (Lipinski definition) is 0. The van der Waals surface area contributed by atoms with E-state index in [1.54, 1.807) is 0 Å². The molecule has 0 aromatic rings. The number of hydrogen-bond acceptors (Lipinski definition) is 0. The van der Waals surface area contributed by atoms with Crippen LogP contribution in [-0.4, -0.2) is 31.7 Å². The summed E-state index contributed by atoms with van der Waals surface area (Å²) in [6, 6.07) is 0. The molecule has 1 aliphatic rings. The molecule has 2 unspecified atom stereocenters. The first-order chi connectivity index (χ1) is 5.09. The Morgan fingerprint density at radius 3 is 1.43 bits per heavy atom. The van der Waals surface area contributed by atoms with Crippen LogP contribution in [0.25, 0.3) is 0 Å². The number of nitrogens with zero attached hydrogens (tertiary/aromatic N) is 1. The number of quaternary nitrogens is 1. The zero-order valence-corrected chi connectivity index (χ0v) is 9.56. The normalized spacial score (nSPS) is 28.3. The van der Waals surface area contributed by atoms with E-state index in [2.05, 4.69) is 27.9 Å². The summed E-state index contributed by atoms with van der Waals surface area (Å²) in [7, 11) is 4.72. The smallest absolute Gasteiger partial charge is 0.0815 e. The molecule has 0 amide bonds. The van der Waals surface area contributed by atoms with Gasteiger partial charge < -0.3 is 16.9 Å². The summed E-state index contributed by atoms with van der Waals surface area (Å²) >= 11 is 0. The molecule has 1 heterocycles. The van der Waals surface area contributed by atoms with Crippen LogP contribution in [0.5, 0.6) is 0 Å². The summed E-state index contributed by atoms with van der Waals surface area (Å²) in [5, 5.41) is 0. The van der Waals surface area contributed by atoms with Gasteiger partial charge in [-0.2, -0.15) is 0 Å². The first kappa shape index (κ1) is 19.8. The van der Waals surface area contributed by atoms with Crippen LogP contribution < -0.4 is 12.4 Å². The summed E-state index contributed by atoms with van der Waals surface area (Å²) in [5.74, 6) is 1.99. The van der Waals surface area contributed by atoms with E-state index in [1.165, 1.54) is 30.4 Å². The van der Waals surface area contributed by atoms with Crippen LogP contribution in [-0.2, 0) is 0 Å². The quantitative estimate of drug-likeness (QED) is 0.595. The minimum atomic E-state index is 0. The van der Waals surface area contributed by atoms with Crippen molar-refractivity contribution in [2.24, 2.45) is 11.8 Å². The first-order valence-corrected chi connectivity index (χ1v) is 4.91. The summed E-state index contributed by atoms with van der Waals surface area (Å²) in [4.78, 5) is 0. The zero-order valence-electron chi connectivity index (χ0n) is 8.81. The fraction of sp³-hybridized carbons (Fsp3) is 1.00. The lowest BCUT2D eigenvalue weighted by atomic mass is 9.92. The topological polar surface area (TPSA) is 0 Å². The Labute approximate surface area is 97.9 Å². The zero-order chi connectivity index (χ0) is 8.48. The Kier molecular flexibility index (Phi) is 10.6. The molecule has 0 saturated carbocycles. The maximum atomic E-state index is 2.36. The van der Waals surface area contributed by atoms with Crippen molar-refractivity contribution in [2.45, 2.75) is 41.5 Å². The molecule has 0 N–H and O–H groups in total. The highest BCUT2D eigenvalue weighted by Gasteiger charge is 2.37. The molecule has 0 bridgehead atoms. The van der Waals surface area contributed by atoms with E-state index in [9.17, 15) is 0 Å². The summed E-state index contributed by atoms with van der Waals surface area (Å²) in [5.41, 5.74) is 0. The van der Waals surface area contributed by atoms with Gasteiger partial charge in [0.1, 0.15) is 0 Å². The van der Waals surface area contributed by atoms with E-state index >= 15 is 0 Å². The van der Waals surface area contributed by atoms with Gasteiger partial charge in [0.2, 0.25) is 0 Å². The molecular formula is C12H30ClN. The van der Waals surface area contributed by atoms with Crippen LogP contribution in [0, 0.1) is 11.8 Å². The van der Waals surface area contributed by atoms with Crippen molar-refractivity contribution < 1.29 is 16.9 Å². The third-order valence-electron chi connectivity index (χ3n) is 3.17. The second-order valence-corrected chi connectivity index (χ2v) is 4.64. The molecule has 2 heteroatoms. The molecule has 2 atom stereocenters. The SMILES string of the molecule is C.C.CCC1C[N+](C)(C)CC1CC.[Cl-]. The van der Waals surface area contributed by atoms with Crippen LogP contribution in [0.2, 0.25) is 0 Å². The lowest BCUT2D eigenvalue weighted by molar-refractivity contribution is -0.880. The Bertz CT molecular complexity index is 120. The summed E-state index contributed by atoms with van der Waals surface area (Å²) in [6.45, 7) is 7.46. The third kappa shape index (κ3) is 4.65. The van der Waals surface area contributed by atoms with E-state index in [1.807, 2.05) is 0 Å². The molecule has 1 rings (SSSR count). The maximum absolute atomic E-state index is 2.36. The van der Waals surface area contributed by atoms with Crippen molar-refractivity contribution in [3.63, 3.8) is 0 Å². The van der Waals surface area contributed by atoms with Crippen LogP contribution in [0.15, 0.2) is 0 Å². The van der Waals surface area contributed by atoms with E-state index in [0.717, 1.165) is 11.8 Å². The molecule has 0 aliphatic carbocycles. The minimum absolute atomic E-state index is 0. The number of halogens is 1. The highest BCUT2D eigenvalue weighted by atomic mass is 35.5. The second-order valence-electron chi connectivity index (χ2n) is 4.64. The highest BCUT2D eigenvalue weighted by molar-refractivity contribution is 4.73. The predicted molar refractivity (Wildman–Crippen MR) is 62.9 cm³/mol. The molecule has 0 spiro atoms. The Balaban J connectivity index is -0.000000403. The van der Waals surface area contributed by atoms with Gasteiger partial charge in [-0.05, 0) is 12.8 Å². The standard InChI is InChI=1S/C10H22N.2CH4.ClH/c1-5-9-7-11(3,4)8-10(9)6-2;;;/h9-10H,5-8H2,1-4H3;2*1H4;1H/q+1;;;/p-1. The molecule has 14 heavy (non-hydrogen) atoms. The fourth-order valence-corrected chi connectivity index (χ4v) is 2.57. The van der Waals surface area contributed by atoms with Gasteiger partial charge in [0.05, 0.1) is 27.2 Å². The molecule has 90 valence electrons. The van der Waals surface area contributed by atoms with Crippen molar-refractivity contribution in [2.75, 3.05) is 27.2 Å². The molecule has 1 fully saturated rings. The predicted octanol–water partition coefficient (Wildman–Crippen LogP) is 0.405. The van der Waals surface area contributed by atoms with E-state index < -0.39 is 0 Å². The van der Waals surface area contributed by atoms with Crippen LogP contribution in [0.1, 0.15) is 41.5 Å². The summed E-state index contributed by atoms with van der Waals surface area (Å²) in [6.07, 6.45) is 2.75. The lowest BCUT2D eigenvalue weighted by Crippen LogP contribution is -3.00. The van der Waals surface area contributed by atoms with Gasteiger partial charge >= 0.3 is 0 Å². The van der Waals surface area contributed by atoms with Crippen LogP contribution >= 0.6 is 0 Å². The molecule has 0 radical (unpaired) electrons. The van der Waals surface area contributed by atoms with Crippen LogP contribution in [0.4, 0.5) is 0 Å². The lowest BCUT2D eigenvalue weighted by Gasteiger charge is -2.23. The minimum Gasteiger partial charge on any atom is -1.00 e. The van der Waals surface area contributed by atoms with Gasteiger partial charge in [0.15, 0.2) is 0 Å². The highest BCUT2D eigenvalue weighted by Crippen LogP contribution is 2.30. The third-order valence-corrected chi connectivity index (χ3v) is 3.17. The van der Waals surface area contributed by atoms with Gasteiger partial charge in [-0.25, -0.2) is 0 Å². The van der Waals surface area contributed by atoms with Crippen molar-refractivity contribution in [1.82, 2.24) is 0 Å². The van der Waals surface area contributed by atoms with Crippen molar-refractivity contribution in [1.29, 1.82) is 0 Å². The number of rotatable bonds is 2. The molecule has 1 saturated heterocycles. The average molecular weight is 224 g/mol. The van der Waals surface area contributed by atoms with E-state index in [4.69, 9.17) is 0 Å². The van der Waals surface area contributed by atoms with Gasteiger partial charge in [0.25, 0.3) is 0 Å². The molecule has 0 aromatic carbocycles. The Morgan fingerprint density at radius 2 is 1.21 bits per heavy atom. The number of likely N-dealkylation sites (tertiary alicyclic amines) is 1. The fourth-order valence-electron chi connectivity index (χ4n) is 2.57. The maximum Gasteiger partial charge on any atom is 0.0815 e. The van der Waals surface area contributed by atoms with Crippen molar-refractivity contribution in [3.8, 4) is 0 Å². The molecular weight excluding hydrogens is 194 g/mol. The largest absolute Gasteiger partial charge is 1.00 e. The molecule has 1 aliphatic heterocycles. The van der Waals surface area contributed by atoms with E-state index in [0.29, 0.717) is 0 Å². The van der Waals surface area contributed by atoms with Gasteiger partial charge in [-0.15, -0.1) is 0 Å².